The van der Waals surface area contributed by atoms with Gasteiger partial charge in [-0.1, -0.05) is 86.4 Å². The van der Waals surface area contributed by atoms with E-state index in [1.54, 1.807) is 0 Å². The zero-order valence-electron chi connectivity index (χ0n) is 15.2. The molecule has 26 heavy (non-hydrogen) atoms. The summed E-state index contributed by atoms with van der Waals surface area (Å²) < 4.78 is 0. The normalized spacial score (nSPS) is 18.5. The van der Waals surface area contributed by atoms with Gasteiger partial charge >= 0.3 is 0 Å². The third-order valence-corrected chi connectivity index (χ3v) is 5.30. The van der Waals surface area contributed by atoms with Crippen molar-refractivity contribution in [2.24, 2.45) is 5.92 Å². The summed E-state index contributed by atoms with van der Waals surface area (Å²) >= 11 is 0. The number of hydrogen-bond donors (Lipinski definition) is 1. The van der Waals surface area contributed by atoms with Crippen molar-refractivity contribution in [3.05, 3.63) is 65.7 Å². The van der Waals surface area contributed by atoms with Gasteiger partial charge in [0.05, 0.1) is 12.0 Å². The molecule has 1 heteroatoms. The van der Waals surface area contributed by atoms with E-state index >= 15 is 0 Å². The highest BCUT2D eigenvalue weighted by atomic mass is 16.3. The first kappa shape index (κ1) is 16.9. The minimum Gasteiger partial charge on any atom is -0.387 e. The molecule has 3 aromatic rings. The zero-order valence-corrected chi connectivity index (χ0v) is 15.2. The maximum absolute atomic E-state index is 11.1. The van der Waals surface area contributed by atoms with E-state index < -0.39 is 6.10 Å². The Kier molecular flexibility index (Phi) is 4.78. The van der Waals surface area contributed by atoms with E-state index in [4.69, 9.17) is 0 Å². The lowest BCUT2D eigenvalue weighted by Gasteiger charge is -2.25. The molecule has 1 nitrogen and oxygen atoms in total. The molecule has 0 amide bonds. The number of rotatable bonds is 3. The van der Waals surface area contributed by atoms with Crippen molar-refractivity contribution in [1.29, 1.82) is 0 Å². The van der Waals surface area contributed by atoms with Gasteiger partial charge in [0.1, 0.15) is 0 Å². The number of aliphatic hydroxyl groups is 1. The highest BCUT2D eigenvalue weighted by Crippen LogP contribution is 2.42. The molecule has 1 aliphatic carbocycles. The standard InChI is InChI=1S/C25H24O/c1-2-3-4-5-6-11-18-16-17-23-21-14-8-7-12-19(21)20-13-9-10-15-22(20)24(23)25(18)26/h7-10,12-18,25-26H,2-5H2,1H3/t18-,25-/m0/s1. The van der Waals surface area contributed by atoms with E-state index in [0.717, 1.165) is 29.4 Å². The third kappa shape index (κ3) is 2.91. The average molecular weight is 340 g/mol. The highest BCUT2D eigenvalue weighted by molar-refractivity contribution is 6.13. The van der Waals surface area contributed by atoms with Gasteiger partial charge in [-0.25, -0.2) is 0 Å². The predicted octanol–water partition coefficient (Wildman–Crippen LogP) is 6.25. The SMILES string of the molecule is CCCCCC#C[C@H]1C=Cc2c(c3ccccc3c3ccccc23)[C@H]1O. The quantitative estimate of drug-likeness (QED) is 0.339. The van der Waals surface area contributed by atoms with Crippen molar-refractivity contribution in [2.45, 2.75) is 38.7 Å². The first-order chi connectivity index (χ1) is 12.8. The topological polar surface area (TPSA) is 20.2 Å². The maximum Gasteiger partial charge on any atom is 0.0974 e. The van der Waals surface area contributed by atoms with Crippen LogP contribution in [0.25, 0.3) is 27.6 Å². The Morgan fingerprint density at radius 2 is 1.54 bits per heavy atom. The molecule has 0 saturated carbocycles. The Morgan fingerprint density at radius 1 is 0.885 bits per heavy atom. The smallest absolute Gasteiger partial charge is 0.0974 e. The van der Waals surface area contributed by atoms with Crippen molar-refractivity contribution in [3.63, 3.8) is 0 Å². The van der Waals surface area contributed by atoms with Gasteiger partial charge in [-0.2, -0.15) is 0 Å². The molecule has 4 rings (SSSR count). The van der Waals surface area contributed by atoms with E-state index in [1.807, 2.05) is 6.07 Å². The van der Waals surface area contributed by atoms with Crippen molar-refractivity contribution in [1.82, 2.24) is 0 Å². The summed E-state index contributed by atoms with van der Waals surface area (Å²) in [6, 6.07) is 16.8. The summed E-state index contributed by atoms with van der Waals surface area (Å²) in [6.07, 6.45) is 8.12. The number of fused-ring (bicyclic) bond motifs is 6. The second-order valence-corrected chi connectivity index (χ2v) is 7.03. The zero-order chi connectivity index (χ0) is 17.9. The van der Waals surface area contributed by atoms with Crippen molar-refractivity contribution in [2.75, 3.05) is 0 Å². The monoisotopic (exact) mass is 340 g/mol. The van der Waals surface area contributed by atoms with Crippen LogP contribution in [0.2, 0.25) is 0 Å². The van der Waals surface area contributed by atoms with Crippen molar-refractivity contribution >= 4 is 27.6 Å². The molecule has 2 atom stereocenters. The first-order valence-electron chi connectivity index (χ1n) is 9.59. The van der Waals surface area contributed by atoms with Crippen LogP contribution in [0.5, 0.6) is 0 Å². The van der Waals surface area contributed by atoms with Gasteiger partial charge < -0.3 is 5.11 Å². The number of aliphatic hydroxyl groups excluding tert-OH is 1. The Hall–Kier alpha value is -2.56. The Balaban J connectivity index is 1.82. The minimum atomic E-state index is -0.580. The summed E-state index contributed by atoms with van der Waals surface area (Å²) in [4.78, 5) is 0. The molecule has 1 N–H and O–H groups in total. The van der Waals surface area contributed by atoms with E-state index in [2.05, 4.69) is 73.4 Å². The summed E-state index contributed by atoms with van der Waals surface area (Å²) in [5, 5.41) is 15.9. The molecule has 3 aromatic carbocycles. The van der Waals surface area contributed by atoms with Crippen LogP contribution in [0.4, 0.5) is 0 Å². The van der Waals surface area contributed by atoms with Gasteiger partial charge in [0, 0.05) is 6.42 Å². The fourth-order valence-corrected chi connectivity index (χ4v) is 3.96. The van der Waals surface area contributed by atoms with Gasteiger partial charge in [0.2, 0.25) is 0 Å². The molecule has 0 fully saturated rings. The molecule has 0 aromatic heterocycles. The molecule has 0 heterocycles. The van der Waals surface area contributed by atoms with Crippen LogP contribution in [0.15, 0.2) is 54.6 Å². The summed E-state index contributed by atoms with van der Waals surface area (Å²) in [7, 11) is 0. The Bertz CT molecular complexity index is 1030. The van der Waals surface area contributed by atoms with Gasteiger partial charge in [-0.3, -0.25) is 0 Å². The highest BCUT2D eigenvalue weighted by Gasteiger charge is 2.26. The molecule has 0 aliphatic heterocycles. The number of benzene rings is 3. The molecule has 0 unspecified atom stereocenters. The molecule has 0 spiro atoms. The fourth-order valence-electron chi connectivity index (χ4n) is 3.96. The first-order valence-corrected chi connectivity index (χ1v) is 9.59. The molecule has 130 valence electrons. The lowest BCUT2D eigenvalue weighted by Crippen LogP contribution is -2.14. The molecular formula is C25H24O. The summed E-state index contributed by atoms with van der Waals surface area (Å²) in [6.45, 7) is 2.20. The molecular weight excluding hydrogens is 316 g/mol. The molecule has 0 saturated heterocycles. The number of hydrogen-bond acceptors (Lipinski definition) is 1. The van der Waals surface area contributed by atoms with Gasteiger partial charge in [-0.15, -0.1) is 5.92 Å². The van der Waals surface area contributed by atoms with E-state index in [0.29, 0.717) is 0 Å². The van der Waals surface area contributed by atoms with E-state index in [-0.39, 0.29) is 5.92 Å². The van der Waals surface area contributed by atoms with Crippen LogP contribution < -0.4 is 0 Å². The predicted molar refractivity (Wildman–Crippen MR) is 111 cm³/mol. The lowest BCUT2D eigenvalue weighted by atomic mass is 9.81. The van der Waals surface area contributed by atoms with E-state index in [1.165, 1.54) is 29.0 Å². The maximum atomic E-state index is 11.1. The van der Waals surface area contributed by atoms with Gasteiger partial charge in [0.15, 0.2) is 0 Å². The van der Waals surface area contributed by atoms with Gasteiger partial charge in [-0.05, 0) is 39.1 Å². The van der Waals surface area contributed by atoms with Crippen LogP contribution in [0.1, 0.15) is 49.8 Å². The largest absolute Gasteiger partial charge is 0.387 e. The summed E-state index contributed by atoms with van der Waals surface area (Å²) in [5.74, 6) is 6.44. The van der Waals surface area contributed by atoms with Crippen molar-refractivity contribution < 1.29 is 5.11 Å². The number of unbranched alkanes of at least 4 members (excludes halogenated alkanes) is 3. The molecule has 1 aliphatic rings. The van der Waals surface area contributed by atoms with Crippen LogP contribution >= 0.6 is 0 Å². The second kappa shape index (κ2) is 7.36. The fraction of sp³-hybridized carbons (Fsp3) is 0.280. The average Bonchev–Trinajstić information content (AvgIpc) is 2.69. The van der Waals surface area contributed by atoms with Crippen molar-refractivity contribution in [3.8, 4) is 11.8 Å². The molecule has 0 bridgehead atoms. The minimum absolute atomic E-state index is 0.131. The van der Waals surface area contributed by atoms with E-state index in [9.17, 15) is 5.11 Å². The van der Waals surface area contributed by atoms with Crippen LogP contribution in [-0.4, -0.2) is 5.11 Å². The third-order valence-electron chi connectivity index (χ3n) is 5.30. The molecule has 0 radical (unpaired) electrons. The second-order valence-electron chi connectivity index (χ2n) is 7.03. The summed E-state index contributed by atoms with van der Waals surface area (Å²) in [5.41, 5.74) is 2.16. The van der Waals surface area contributed by atoms with Gasteiger partial charge in [0.25, 0.3) is 0 Å². The van der Waals surface area contributed by atoms with Crippen LogP contribution in [0.3, 0.4) is 0 Å². The van der Waals surface area contributed by atoms with Crippen LogP contribution in [-0.2, 0) is 0 Å². The Morgan fingerprint density at radius 3 is 2.27 bits per heavy atom. The van der Waals surface area contributed by atoms with Crippen LogP contribution in [0, 0.1) is 17.8 Å². The lowest BCUT2D eigenvalue weighted by molar-refractivity contribution is 0.155. The Labute approximate surface area is 155 Å².